The van der Waals surface area contributed by atoms with Crippen molar-refractivity contribution in [3.05, 3.63) is 109 Å². The summed E-state index contributed by atoms with van der Waals surface area (Å²) >= 11 is 14.1. The lowest BCUT2D eigenvalue weighted by Crippen LogP contribution is -2.25. The topological polar surface area (TPSA) is 103 Å². The molecule has 0 spiro atoms. The van der Waals surface area contributed by atoms with Gasteiger partial charge in [-0.15, -0.1) is 10.2 Å². The number of benzene rings is 3. The number of aromatic nitrogens is 3. The molecule has 3 aromatic carbocycles. The minimum Gasteiger partial charge on any atom is -0.345 e. The van der Waals surface area contributed by atoms with E-state index >= 15 is 0 Å². The number of aryl methyl sites for hydroxylation is 2. The highest BCUT2D eigenvalue weighted by Gasteiger charge is 2.19. The molecule has 0 atom stereocenters. The molecule has 0 fully saturated rings. The van der Waals surface area contributed by atoms with Gasteiger partial charge in [0.05, 0.1) is 22.2 Å². The molecule has 184 valence electrons. The molecular weight excluding hydrogens is 521 g/mol. The smallest absolute Gasteiger partial charge is 0.273 e. The van der Waals surface area contributed by atoms with Crippen LogP contribution >= 0.6 is 35.0 Å². The predicted molar refractivity (Wildman–Crippen MR) is 141 cm³/mol. The van der Waals surface area contributed by atoms with Crippen molar-refractivity contribution in [3.8, 4) is 5.69 Å². The molecule has 0 radical (unpaired) electrons. The van der Waals surface area contributed by atoms with Gasteiger partial charge in [-0.05, 0) is 43.7 Å². The zero-order chi connectivity index (χ0) is 25.8. The van der Waals surface area contributed by atoms with Gasteiger partial charge in [-0.3, -0.25) is 19.5 Å². The molecule has 1 N–H and O–H groups in total. The van der Waals surface area contributed by atoms with Crippen LogP contribution in [0.5, 0.6) is 0 Å². The average Bonchev–Trinajstić information content (AvgIpc) is 3.24. The number of carbonyl (C=O) groups is 1. The van der Waals surface area contributed by atoms with E-state index in [1.165, 1.54) is 17.8 Å². The number of halogens is 2. The highest BCUT2D eigenvalue weighted by atomic mass is 35.5. The van der Waals surface area contributed by atoms with E-state index in [1.54, 1.807) is 41.8 Å². The monoisotopic (exact) mass is 541 g/mol. The third-order valence-electron chi connectivity index (χ3n) is 5.38. The van der Waals surface area contributed by atoms with Crippen molar-refractivity contribution >= 4 is 46.6 Å². The van der Waals surface area contributed by atoms with Crippen LogP contribution in [0.2, 0.25) is 10.0 Å². The minimum absolute atomic E-state index is 0.0253. The summed E-state index contributed by atoms with van der Waals surface area (Å²) in [4.78, 5) is 23.5. The lowest BCUT2D eigenvalue weighted by molar-refractivity contribution is -0.385. The summed E-state index contributed by atoms with van der Waals surface area (Å²) in [5.41, 5.74) is 3.45. The standard InChI is InChI=1S/C25H21Cl2N5O3S/c1-15-4-3-5-17(10-15)14-36-25-30-29-23(31(25)21-9-8-19(26)12-20(21)27)13-28-24(33)18-7-6-16(2)22(11-18)32(34)35/h3-12H,13-14H2,1-2H3,(H,28,33). The minimum atomic E-state index is -0.511. The Hall–Kier alpha value is -3.40. The number of amides is 1. The lowest BCUT2D eigenvalue weighted by atomic mass is 10.1. The summed E-state index contributed by atoms with van der Waals surface area (Å²) in [5.74, 6) is 0.634. The van der Waals surface area contributed by atoms with Crippen LogP contribution in [0.3, 0.4) is 0 Å². The molecule has 4 rings (SSSR count). The Labute approximate surface area is 221 Å². The summed E-state index contributed by atoms with van der Waals surface area (Å²) < 4.78 is 1.77. The first-order valence-corrected chi connectivity index (χ1v) is 12.6. The number of nitrogens with zero attached hydrogens (tertiary/aromatic N) is 4. The summed E-state index contributed by atoms with van der Waals surface area (Å²) in [6.07, 6.45) is 0. The normalized spacial score (nSPS) is 10.9. The number of nitro benzene ring substituents is 1. The molecule has 1 heterocycles. The lowest BCUT2D eigenvalue weighted by Gasteiger charge is -2.13. The second-order valence-corrected chi connectivity index (χ2v) is 9.83. The molecule has 0 unspecified atom stereocenters. The fourth-order valence-corrected chi connectivity index (χ4v) is 4.97. The number of thioether (sulfide) groups is 1. The van der Waals surface area contributed by atoms with Crippen molar-refractivity contribution in [3.63, 3.8) is 0 Å². The molecule has 0 saturated carbocycles. The van der Waals surface area contributed by atoms with Crippen LogP contribution in [0.4, 0.5) is 5.69 Å². The second kappa shape index (κ2) is 11.1. The highest BCUT2D eigenvalue weighted by Crippen LogP contribution is 2.31. The van der Waals surface area contributed by atoms with E-state index in [-0.39, 0.29) is 17.8 Å². The zero-order valence-electron chi connectivity index (χ0n) is 19.4. The van der Waals surface area contributed by atoms with Crippen LogP contribution in [0.25, 0.3) is 5.69 Å². The number of nitrogens with one attached hydrogen (secondary N) is 1. The SMILES string of the molecule is Cc1cccc(CSc2nnc(CNC(=O)c3ccc(C)c([N+](=O)[O-])c3)n2-c2ccc(Cl)cc2Cl)c1. The van der Waals surface area contributed by atoms with Gasteiger partial charge in [0.2, 0.25) is 0 Å². The Balaban J connectivity index is 1.61. The molecule has 4 aromatic rings. The first kappa shape index (κ1) is 25.7. The third kappa shape index (κ3) is 5.87. The van der Waals surface area contributed by atoms with E-state index in [4.69, 9.17) is 23.2 Å². The van der Waals surface area contributed by atoms with E-state index in [2.05, 4.69) is 21.6 Å². The summed E-state index contributed by atoms with van der Waals surface area (Å²) in [5, 5.41) is 24.1. The van der Waals surface area contributed by atoms with Crippen molar-refractivity contribution in [1.29, 1.82) is 0 Å². The molecule has 11 heteroatoms. The van der Waals surface area contributed by atoms with Crippen LogP contribution in [0, 0.1) is 24.0 Å². The first-order valence-electron chi connectivity index (χ1n) is 10.8. The summed E-state index contributed by atoms with van der Waals surface area (Å²) in [6, 6.07) is 17.6. The van der Waals surface area contributed by atoms with Crippen LogP contribution in [-0.4, -0.2) is 25.6 Å². The van der Waals surface area contributed by atoms with Crippen LogP contribution in [0.1, 0.15) is 32.9 Å². The van der Waals surface area contributed by atoms with E-state index in [0.717, 1.165) is 11.1 Å². The van der Waals surface area contributed by atoms with Crippen LogP contribution < -0.4 is 5.32 Å². The quantitative estimate of drug-likeness (QED) is 0.159. The molecular formula is C25H21Cl2N5O3S. The molecule has 8 nitrogen and oxygen atoms in total. The van der Waals surface area contributed by atoms with Gasteiger partial charge in [-0.1, -0.05) is 70.9 Å². The molecule has 0 aliphatic heterocycles. The fraction of sp³-hybridized carbons (Fsp3) is 0.160. The largest absolute Gasteiger partial charge is 0.345 e. The van der Waals surface area contributed by atoms with Crippen LogP contribution in [0.15, 0.2) is 65.8 Å². The van der Waals surface area contributed by atoms with Gasteiger partial charge in [0.15, 0.2) is 11.0 Å². The van der Waals surface area contributed by atoms with Crippen molar-refractivity contribution in [2.75, 3.05) is 0 Å². The summed E-state index contributed by atoms with van der Waals surface area (Å²) in [7, 11) is 0. The molecule has 0 aliphatic rings. The highest BCUT2D eigenvalue weighted by molar-refractivity contribution is 7.98. The number of nitro groups is 1. The molecule has 1 amide bonds. The Kier molecular flexibility index (Phi) is 7.93. The van der Waals surface area contributed by atoms with Gasteiger partial charge < -0.3 is 5.32 Å². The van der Waals surface area contributed by atoms with E-state index in [1.807, 2.05) is 25.1 Å². The van der Waals surface area contributed by atoms with Crippen LogP contribution in [-0.2, 0) is 12.3 Å². The molecule has 0 aliphatic carbocycles. The second-order valence-electron chi connectivity index (χ2n) is 8.05. The van der Waals surface area contributed by atoms with Crippen molar-refractivity contribution < 1.29 is 9.72 Å². The van der Waals surface area contributed by atoms with E-state index < -0.39 is 10.8 Å². The maximum absolute atomic E-state index is 12.8. The Bertz CT molecular complexity index is 1460. The summed E-state index contributed by atoms with van der Waals surface area (Å²) in [6.45, 7) is 3.68. The zero-order valence-corrected chi connectivity index (χ0v) is 21.7. The third-order valence-corrected chi connectivity index (χ3v) is 6.91. The maximum atomic E-state index is 12.8. The van der Waals surface area contributed by atoms with Crippen molar-refractivity contribution in [1.82, 2.24) is 20.1 Å². The Morgan fingerprint density at radius 3 is 2.61 bits per heavy atom. The van der Waals surface area contributed by atoms with Crippen molar-refractivity contribution in [2.24, 2.45) is 0 Å². The van der Waals surface area contributed by atoms with Gasteiger partial charge >= 0.3 is 0 Å². The number of hydrogen-bond acceptors (Lipinski definition) is 6. The molecule has 0 saturated heterocycles. The number of hydrogen-bond donors (Lipinski definition) is 1. The van der Waals surface area contributed by atoms with Gasteiger partial charge in [0.1, 0.15) is 0 Å². The Morgan fingerprint density at radius 1 is 1.08 bits per heavy atom. The van der Waals surface area contributed by atoms with Crippen molar-refractivity contribution in [2.45, 2.75) is 31.3 Å². The fourth-order valence-electron chi connectivity index (χ4n) is 3.57. The van der Waals surface area contributed by atoms with E-state index in [9.17, 15) is 14.9 Å². The maximum Gasteiger partial charge on any atom is 0.273 e. The molecule has 0 bridgehead atoms. The average molecular weight is 542 g/mol. The number of rotatable bonds is 8. The van der Waals surface area contributed by atoms with Gasteiger partial charge in [0.25, 0.3) is 11.6 Å². The molecule has 1 aromatic heterocycles. The van der Waals surface area contributed by atoms with E-state index in [0.29, 0.717) is 38.0 Å². The van der Waals surface area contributed by atoms with Gasteiger partial charge in [0, 0.05) is 28.0 Å². The number of carbonyl (C=O) groups excluding carboxylic acids is 1. The molecule has 36 heavy (non-hydrogen) atoms. The Morgan fingerprint density at radius 2 is 1.89 bits per heavy atom. The van der Waals surface area contributed by atoms with Gasteiger partial charge in [-0.25, -0.2) is 0 Å². The van der Waals surface area contributed by atoms with Gasteiger partial charge in [-0.2, -0.15) is 0 Å². The first-order chi connectivity index (χ1) is 17.2. The predicted octanol–water partition coefficient (Wildman–Crippen LogP) is 6.32.